The summed E-state index contributed by atoms with van der Waals surface area (Å²) in [5, 5.41) is 8.62. The van der Waals surface area contributed by atoms with Crippen molar-refractivity contribution in [3.05, 3.63) is 0 Å². The highest BCUT2D eigenvalue weighted by Crippen LogP contribution is 2.23. The zero-order valence-corrected chi connectivity index (χ0v) is 7.70. The van der Waals surface area contributed by atoms with E-state index in [1.54, 1.807) is 13.8 Å². The highest BCUT2D eigenvalue weighted by atomic mass is 32.2. The summed E-state index contributed by atoms with van der Waals surface area (Å²) in [6.07, 6.45) is 0. The van der Waals surface area contributed by atoms with Gasteiger partial charge < -0.3 is 5.11 Å². The average Bonchev–Trinajstić information content (AvgIpc) is 1.84. The Labute approximate surface area is 70.2 Å². The lowest BCUT2D eigenvalue weighted by Crippen LogP contribution is -2.28. The second-order valence-corrected chi connectivity index (χ2v) is 4.40. The molecule has 0 bridgehead atoms. The van der Waals surface area contributed by atoms with Gasteiger partial charge in [0.15, 0.2) is 0 Å². The van der Waals surface area contributed by atoms with Crippen LogP contribution >= 0.6 is 11.8 Å². The van der Waals surface area contributed by atoms with E-state index in [1.165, 1.54) is 6.92 Å². The van der Waals surface area contributed by atoms with Gasteiger partial charge in [-0.25, -0.2) is 0 Å². The zero-order chi connectivity index (χ0) is 9.07. The van der Waals surface area contributed by atoms with E-state index < -0.39 is 10.7 Å². The fourth-order valence-electron chi connectivity index (χ4n) is 0.344. The van der Waals surface area contributed by atoms with Crippen molar-refractivity contribution in [3.8, 4) is 0 Å². The van der Waals surface area contributed by atoms with E-state index in [4.69, 9.17) is 5.11 Å². The van der Waals surface area contributed by atoms with Crippen LogP contribution in [0.2, 0.25) is 0 Å². The van der Waals surface area contributed by atoms with Crippen molar-refractivity contribution in [3.63, 3.8) is 0 Å². The lowest BCUT2D eigenvalue weighted by molar-refractivity contribution is -0.138. The van der Waals surface area contributed by atoms with E-state index in [9.17, 15) is 9.59 Å². The first-order valence-electron chi connectivity index (χ1n) is 3.23. The number of ketones is 1. The molecule has 0 aromatic heterocycles. The predicted molar refractivity (Wildman–Crippen MR) is 44.9 cm³/mol. The Morgan fingerprint density at radius 2 is 1.91 bits per heavy atom. The smallest absolute Gasteiger partial charge is 0.319 e. The van der Waals surface area contributed by atoms with Crippen LogP contribution in [0, 0.1) is 0 Å². The van der Waals surface area contributed by atoms with Crippen molar-refractivity contribution in [2.75, 3.05) is 5.75 Å². The summed E-state index contributed by atoms with van der Waals surface area (Å²) in [6.45, 7) is 4.62. The molecule has 0 saturated heterocycles. The molecule has 0 fully saturated rings. The van der Waals surface area contributed by atoms with E-state index >= 15 is 0 Å². The molecule has 1 N–H and O–H groups in total. The molecule has 0 aromatic rings. The first-order chi connectivity index (χ1) is 4.86. The maximum absolute atomic E-state index is 10.5. The maximum atomic E-state index is 10.5. The van der Waals surface area contributed by atoms with Crippen LogP contribution in [-0.2, 0) is 9.59 Å². The van der Waals surface area contributed by atoms with E-state index in [0.29, 0.717) is 0 Å². The van der Waals surface area contributed by atoms with E-state index in [0.717, 1.165) is 11.8 Å². The van der Waals surface area contributed by atoms with Crippen LogP contribution in [0.25, 0.3) is 0 Å². The minimum absolute atomic E-state index is 0.00400. The van der Waals surface area contributed by atoms with Crippen LogP contribution in [-0.4, -0.2) is 27.4 Å². The lowest BCUT2D eigenvalue weighted by Gasteiger charge is -2.16. The van der Waals surface area contributed by atoms with Gasteiger partial charge in [0.1, 0.15) is 10.5 Å². The van der Waals surface area contributed by atoms with Crippen LogP contribution in [0.1, 0.15) is 20.8 Å². The predicted octanol–water partition coefficient (Wildman–Crippen LogP) is 1.17. The van der Waals surface area contributed by atoms with Gasteiger partial charge in [0.05, 0.1) is 5.75 Å². The highest BCUT2D eigenvalue weighted by molar-refractivity contribution is 8.01. The van der Waals surface area contributed by atoms with Gasteiger partial charge >= 0.3 is 5.97 Å². The standard InChI is InChI=1S/C7H12O3S/c1-5(8)4-11-7(2,3)6(9)10/h4H2,1-3H3,(H,9,10). The van der Waals surface area contributed by atoms with Crippen molar-refractivity contribution >= 4 is 23.5 Å². The Morgan fingerprint density at radius 3 is 2.18 bits per heavy atom. The number of hydrogen-bond acceptors (Lipinski definition) is 3. The molecule has 0 spiro atoms. The molecular formula is C7H12O3S. The number of carboxylic acids is 1. The maximum Gasteiger partial charge on any atom is 0.319 e. The van der Waals surface area contributed by atoms with Gasteiger partial charge in [0.2, 0.25) is 0 Å². The third-order valence-electron chi connectivity index (χ3n) is 1.15. The first-order valence-corrected chi connectivity index (χ1v) is 4.21. The van der Waals surface area contributed by atoms with Gasteiger partial charge in [-0.1, -0.05) is 0 Å². The zero-order valence-electron chi connectivity index (χ0n) is 6.88. The molecule has 0 rings (SSSR count). The van der Waals surface area contributed by atoms with Crippen LogP contribution in [0.15, 0.2) is 0 Å². The Bertz CT molecular complexity index is 175. The van der Waals surface area contributed by atoms with Crippen LogP contribution in [0.4, 0.5) is 0 Å². The Balaban J connectivity index is 3.92. The Kier molecular flexibility index (Phi) is 3.58. The summed E-state index contributed by atoms with van der Waals surface area (Å²) in [5.41, 5.74) is 0. The van der Waals surface area contributed by atoms with Crippen molar-refractivity contribution in [1.29, 1.82) is 0 Å². The summed E-state index contributed by atoms with van der Waals surface area (Å²) < 4.78 is -0.855. The van der Waals surface area contributed by atoms with E-state index in [-0.39, 0.29) is 11.5 Å². The van der Waals surface area contributed by atoms with Gasteiger partial charge in [0.25, 0.3) is 0 Å². The third kappa shape index (κ3) is 4.03. The summed E-state index contributed by atoms with van der Waals surface area (Å²) in [4.78, 5) is 21.0. The second-order valence-electron chi connectivity index (χ2n) is 2.81. The van der Waals surface area contributed by atoms with Gasteiger partial charge in [-0.15, -0.1) is 11.8 Å². The molecule has 0 unspecified atom stereocenters. The van der Waals surface area contributed by atoms with Crippen molar-refractivity contribution in [1.82, 2.24) is 0 Å². The number of rotatable bonds is 4. The van der Waals surface area contributed by atoms with Gasteiger partial charge in [-0.05, 0) is 20.8 Å². The minimum atomic E-state index is -0.885. The molecular weight excluding hydrogens is 164 g/mol. The second kappa shape index (κ2) is 3.76. The molecule has 64 valence electrons. The minimum Gasteiger partial charge on any atom is -0.480 e. The number of Topliss-reactive ketones (excluding diaryl/α,β-unsaturated/α-hetero) is 1. The van der Waals surface area contributed by atoms with Crippen molar-refractivity contribution in [2.45, 2.75) is 25.5 Å². The average molecular weight is 176 g/mol. The lowest BCUT2D eigenvalue weighted by atomic mass is 10.2. The molecule has 0 aromatic carbocycles. The number of thioether (sulfide) groups is 1. The van der Waals surface area contributed by atoms with Crippen molar-refractivity contribution in [2.24, 2.45) is 0 Å². The van der Waals surface area contributed by atoms with Crippen LogP contribution in [0.5, 0.6) is 0 Å². The summed E-state index contributed by atoms with van der Waals surface area (Å²) >= 11 is 1.15. The molecule has 0 aliphatic carbocycles. The molecule has 0 heterocycles. The molecule has 0 aliphatic heterocycles. The fourth-order valence-corrected chi connectivity index (χ4v) is 1.03. The molecule has 0 amide bonds. The Morgan fingerprint density at radius 1 is 1.45 bits per heavy atom. The summed E-state index contributed by atoms with van der Waals surface area (Å²) in [7, 11) is 0. The topological polar surface area (TPSA) is 54.4 Å². The molecule has 0 radical (unpaired) electrons. The van der Waals surface area contributed by atoms with Crippen LogP contribution in [0.3, 0.4) is 0 Å². The van der Waals surface area contributed by atoms with Gasteiger partial charge in [-0.2, -0.15) is 0 Å². The monoisotopic (exact) mass is 176 g/mol. The Hall–Kier alpha value is -0.510. The fraction of sp³-hybridized carbons (Fsp3) is 0.714. The summed E-state index contributed by atoms with van der Waals surface area (Å²) in [6, 6.07) is 0. The van der Waals surface area contributed by atoms with Crippen LogP contribution < -0.4 is 0 Å². The number of carbonyl (C=O) groups is 2. The normalized spacial score (nSPS) is 11.2. The largest absolute Gasteiger partial charge is 0.480 e. The number of carboxylic acid groups (broad SMARTS) is 1. The molecule has 4 heteroatoms. The number of carbonyl (C=O) groups excluding carboxylic acids is 1. The number of aliphatic carboxylic acids is 1. The van der Waals surface area contributed by atoms with Crippen molar-refractivity contribution < 1.29 is 14.7 Å². The van der Waals surface area contributed by atoms with Gasteiger partial charge in [0, 0.05) is 0 Å². The third-order valence-corrected chi connectivity index (χ3v) is 2.60. The molecule has 3 nitrogen and oxygen atoms in total. The number of hydrogen-bond donors (Lipinski definition) is 1. The SMILES string of the molecule is CC(=O)CSC(C)(C)C(=O)O. The highest BCUT2D eigenvalue weighted by Gasteiger charge is 2.27. The van der Waals surface area contributed by atoms with Gasteiger partial charge in [-0.3, -0.25) is 9.59 Å². The quantitative estimate of drug-likeness (QED) is 0.698. The molecule has 11 heavy (non-hydrogen) atoms. The molecule has 0 saturated carbocycles. The summed E-state index contributed by atoms with van der Waals surface area (Å²) in [5.74, 6) is -0.618. The van der Waals surface area contributed by atoms with E-state index in [1.807, 2.05) is 0 Å². The molecule has 0 atom stereocenters. The van der Waals surface area contributed by atoms with E-state index in [2.05, 4.69) is 0 Å². The first kappa shape index (κ1) is 10.5. The molecule has 0 aliphatic rings.